The third-order valence-corrected chi connectivity index (χ3v) is 1.82. The average Bonchev–Trinajstić information content (AvgIpc) is 1.89. The van der Waals surface area contributed by atoms with Gasteiger partial charge in [0.1, 0.15) is 6.10 Å². The Balaban J connectivity index is 2.99. The molecule has 0 rings (SSSR count). The molecule has 0 bridgehead atoms. The van der Waals surface area contributed by atoms with E-state index in [0.717, 1.165) is 11.5 Å². The summed E-state index contributed by atoms with van der Waals surface area (Å²) in [6.07, 6.45) is -0.168. The number of thioether (sulfide) groups is 1. The maximum Gasteiger partial charge on any atom is 0.141 e. The van der Waals surface area contributed by atoms with Crippen LogP contribution in [0.25, 0.3) is 0 Å². The fourth-order valence-corrected chi connectivity index (χ4v) is 1.08. The molecule has 0 aliphatic heterocycles. The summed E-state index contributed by atoms with van der Waals surface area (Å²) in [6.45, 7) is 2.06. The van der Waals surface area contributed by atoms with Gasteiger partial charge in [-0.05, 0) is 17.9 Å². The van der Waals surface area contributed by atoms with Crippen LogP contribution in [0.2, 0.25) is 0 Å². The van der Waals surface area contributed by atoms with Crippen LogP contribution in [-0.2, 0) is 0 Å². The van der Waals surface area contributed by atoms with E-state index in [2.05, 4.69) is 6.92 Å². The van der Waals surface area contributed by atoms with Crippen molar-refractivity contribution in [2.75, 3.05) is 11.5 Å². The number of aliphatic hydroxyl groups is 1. The monoisotopic (exact) mass is 145 g/mol. The lowest BCUT2D eigenvalue weighted by Crippen LogP contribution is -2.03. The zero-order valence-electron chi connectivity index (χ0n) is 5.50. The Morgan fingerprint density at radius 2 is 2.44 bits per heavy atom. The number of rotatable bonds is 4. The van der Waals surface area contributed by atoms with Crippen LogP contribution in [0.4, 0.5) is 0 Å². The highest BCUT2D eigenvalue weighted by Crippen LogP contribution is 2.02. The van der Waals surface area contributed by atoms with Gasteiger partial charge in [0.25, 0.3) is 0 Å². The Kier molecular flexibility index (Phi) is 5.80. The van der Waals surface area contributed by atoms with Gasteiger partial charge in [-0.25, -0.2) is 0 Å². The van der Waals surface area contributed by atoms with Crippen LogP contribution in [-0.4, -0.2) is 22.7 Å². The molecule has 52 valence electrons. The van der Waals surface area contributed by atoms with E-state index in [0.29, 0.717) is 6.42 Å². The number of nitriles is 1. The van der Waals surface area contributed by atoms with Gasteiger partial charge in [0.15, 0.2) is 0 Å². The normalized spacial score (nSPS) is 12.6. The number of aliphatic hydroxyl groups excluding tert-OH is 1. The molecule has 0 saturated heterocycles. The van der Waals surface area contributed by atoms with E-state index in [1.54, 1.807) is 17.8 Å². The third kappa shape index (κ3) is 5.67. The zero-order chi connectivity index (χ0) is 7.11. The molecule has 9 heavy (non-hydrogen) atoms. The van der Waals surface area contributed by atoms with E-state index in [1.807, 2.05) is 0 Å². The highest BCUT2D eigenvalue weighted by atomic mass is 32.2. The van der Waals surface area contributed by atoms with Crippen molar-refractivity contribution >= 4 is 11.8 Å². The van der Waals surface area contributed by atoms with E-state index < -0.39 is 6.10 Å². The second-order valence-corrected chi connectivity index (χ2v) is 3.02. The van der Waals surface area contributed by atoms with Crippen LogP contribution in [0.1, 0.15) is 13.3 Å². The van der Waals surface area contributed by atoms with E-state index >= 15 is 0 Å². The molecule has 0 spiro atoms. The molecule has 3 heteroatoms. The molecule has 0 aromatic rings. The van der Waals surface area contributed by atoms with Crippen molar-refractivity contribution in [3.8, 4) is 6.07 Å². The van der Waals surface area contributed by atoms with Gasteiger partial charge in [-0.3, -0.25) is 0 Å². The summed E-state index contributed by atoms with van der Waals surface area (Å²) in [5.74, 6) is 1.93. The summed E-state index contributed by atoms with van der Waals surface area (Å²) in [4.78, 5) is 0. The molecule has 2 nitrogen and oxygen atoms in total. The summed E-state index contributed by atoms with van der Waals surface area (Å²) in [5, 5.41) is 16.8. The van der Waals surface area contributed by atoms with Gasteiger partial charge in [-0.2, -0.15) is 17.0 Å². The summed E-state index contributed by atoms with van der Waals surface area (Å²) in [6, 6.07) is 1.77. The minimum absolute atomic E-state index is 0.592. The lowest BCUT2D eigenvalue weighted by Gasteiger charge is -1.97. The molecule has 1 atom stereocenters. The van der Waals surface area contributed by atoms with Gasteiger partial charge in [-0.1, -0.05) is 6.92 Å². The van der Waals surface area contributed by atoms with E-state index in [1.165, 1.54) is 0 Å². The molecule has 1 N–H and O–H groups in total. The van der Waals surface area contributed by atoms with Gasteiger partial charge in [0.05, 0.1) is 6.07 Å². The molecular weight excluding hydrogens is 134 g/mol. The van der Waals surface area contributed by atoms with E-state index in [4.69, 9.17) is 10.4 Å². The van der Waals surface area contributed by atoms with Gasteiger partial charge in [0, 0.05) is 0 Å². The van der Waals surface area contributed by atoms with Gasteiger partial charge >= 0.3 is 0 Å². The SMILES string of the molecule is CCSCCC(O)C#N. The second kappa shape index (κ2) is 5.93. The predicted molar refractivity (Wildman–Crippen MR) is 39.2 cm³/mol. The summed E-state index contributed by atoms with van der Waals surface area (Å²) in [5.41, 5.74) is 0. The van der Waals surface area contributed by atoms with Crippen molar-refractivity contribution in [1.29, 1.82) is 5.26 Å². The van der Waals surface area contributed by atoms with Crippen LogP contribution in [0, 0.1) is 11.3 Å². The molecule has 0 aliphatic carbocycles. The molecule has 0 aliphatic rings. The van der Waals surface area contributed by atoms with Crippen LogP contribution < -0.4 is 0 Å². The molecule has 0 saturated carbocycles. The molecule has 0 fully saturated rings. The van der Waals surface area contributed by atoms with E-state index in [9.17, 15) is 0 Å². The van der Waals surface area contributed by atoms with Gasteiger partial charge in [0.2, 0.25) is 0 Å². The quantitative estimate of drug-likeness (QED) is 0.474. The Morgan fingerprint density at radius 3 is 2.89 bits per heavy atom. The van der Waals surface area contributed by atoms with Crippen molar-refractivity contribution < 1.29 is 5.11 Å². The highest BCUT2D eigenvalue weighted by Gasteiger charge is 1.98. The van der Waals surface area contributed by atoms with Gasteiger partial charge < -0.3 is 5.11 Å². The highest BCUT2D eigenvalue weighted by molar-refractivity contribution is 7.99. The Bertz CT molecular complexity index is 99.7. The molecule has 1 unspecified atom stereocenters. The second-order valence-electron chi connectivity index (χ2n) is 1.63. The first-order chi connectivity index (χ1) is 4.31. The number of hydrogen-bond donors (Lipinski definition) is 1. The summed E-state index contributed by atoms with van der Waals surface area (Å²) >= 11 is 1.74. The maximum absolute atomic E-state index is 8.71. The van der Waals surface area contributed by atoms with Crippen molar-refractivity contribution in [3.05, 3.63) is 0 Å². The summed E-state index contributed by atoms with van der Waals surface area (Å²) in [7, 11) is 0. The Hall–Kier alpha value is -0.200. The van der Waals surface area contributed by atoms with Crippen LogP contribution in [0.3, 0.4) is 0 Å². The van der Waals surface area contributed by atoms with Crippen molar-refractivity contribution in [2.24, 2.45) is 0 Å². The fraction of sp³-hybridized carbons (Fsp3) is 0.833. The topological polar surface area (TPSA) is 44.0 Å². The summed E-state index contributed by atoms with van der Waals surface area (Å²) < 4.78 is 0. The standard InChI is InChI=1S/C6H11NOS/c1-2-9-4-3-6(8)5-7/h6,8H,2-4H2,1H3. The molecule has 0 heterocycles. The van der Waals surface area contributed by atoms with Crippen LogP contribution >= 0.6 is 11.8 Å². The molecular formula is C6H11NOS. The molecule has 0 radical (unpaired) electrons. The van der Waals surface area contributed by atoms with Crippen LogP contribution in [0.5, 0.6) is 0 Å². The number of hydrogen-bond acceptors (Lipinski definition) is 3. The van der Waals surface area contributed by atoms with Gasteiger partial charge in [-0.15, -0.1) is 0 Å². The van der Waals surface area contributed by atoms with Crippen molar-refractivity contribution in [2.45, 2.75) is 19.4 Å². The first-order valence-electron chi connectivity index (χ1n) is 2.96. The third-order valence-electron chi connectivity index (χ3n) is 0.889. The number of nitrogens with zero attached hydrogens (tertiary/aromatic N) is 1. The Morgan fingerprint density at radius 1 is 1.78 bits per heavy atom. The van der Waals surface area contributed by atoms with Crippen LogP contribution in [0.15, 0.2) is 0 Å². The zero-order valence-corrected chi connectivity index (χ0v) is 6.32. The van der Waals surface area contributed by atoms with Crippen molar-refractivity contribution in [1.82, 2.24) is 0 Å². The predicted octanol–water partition coefficient (Wildman–Crippen LogP) is 1.01. The Labute approximate surface area is 59.9 Å². The first kappa shape index (κ1) is 8.80. The lowest BCUT2D eigenvalue weighted by molar-refractivity contribution is 0.227. The molecule has 0 aromatic carbocycles. The smallest absolute Gasteiger partial charge is 0.141 e. The van der Waals surface area contributed by atoms with E-state index in [-0.39, 0.29) is 0 Å². The molecule has 0 aromatic heterocycles. The lowest BCUT2D eigenvalue weighted by atomic mass is 10.3. The average molecular weight is 145 g/mol. The maximum atomic E-state index is 8.71. The minimum atomic E-state index is -0.760. The fourth-order valence-electron chi connectivity index (χ4n) is 0.404. The minimum Gasteiger partial charge on any atom is -0.378 e. The first-order valence-corrected chi connectivity index (χ1v) is 4.12. The molecule has 0 amide bonds. The van der Waals surface area contributed by atoms with Crippen molar-refractivity contribution in [3.63, 3.8) is 0 Å². The largest absolute Gasteiger partial charge is 0.378 e.